The van der Waals surface area contributed by atoms with Crippen LogP contribution in [0.3, 0.4) is 0 Å². The minimum absolute atomic E-state index is 0.120. The van der Waals surface area contributed by atoms with Gasteiger partial charge in [-0.3, -0.25) is 9.59 Å². The summed E-state index contributed by atoms with van der Waals surface area (Å²) < 4.78 is 5.12. The number of likely N-dealkylation sites (tertiary alicyclic amines) is 1. The molecule has 130 valence electrons. The maximum Gasteiger partial charge on any atom is 0.251 e. The first-order valence-corrected chi connectivity index (χ1v) is 8.43. The summed E-state index contributed by atoms with van der Waals surface area (Å²) in [6, 6.07) is 15.0. The van der Waals surface area contributed by atoms with Gasteiger partial charge in [-0.05, 0) is 41.8 Å². The summed E-state index contributed by atoms with van der Waals surface area (Å²) in [5, 5.41) is 2.92. The van der Waals surface area contributed by atoms with Crippen LogP contribution in [0.1, 0.15) is 34.3 Å². The van der Waals surface area contributed by atoms with Crippen molar-refractivity contribution in [2.24, 2.45) is 0 Å². The summed E-state index contributed by atoms with van der Waals surface area (Å²) in [4.78, 5) is 26.0. The topological polar surface area (TPSA) is 58.6 Å². The zero-order chi connectivity index (χ0) is 17.6. The van der Waals surface area contributed by atoms with Crippen LogP contribution in [0.5, 0.6) is 5.75 Å². The molecular weight excluding hydrogens is 316 g/mol. The molecule has 0 saturated carbocycles. The van der Waals surface area contributed by atoms with Crippen LogP contribution in [-0.4, -0.2) is 30.4 Å². The van der Waals surface area contributed by atoms with Gasteiger partial charge in [0, 0.05) is 31.6 Å². The number of nitrogens with one attached hydrogen (secondary N) is 1. The van der Waals surface area contributed by atoms with Gasteiger partial charge in [0.2, 0.25) is 5.91 Å². The molecule has 5 heteroatoms. The Bertz CT molecular complexity index is 756. The molecule has 0 spiro atoms. The minimum atomic E-state index is -0.120. The molecule has 1 fully saturated rings. The fourth-order valence-corrected chi connectivity index (χ4v) is 2.93. The molecule has 2 aromatic carbocycles. The molecule has 0 radical (unpaired) electrons. The van der Waals surface area contributed by atoms with Gasteiger partial charge in [-0.2, -0.15) is 0 Å². The Hall–Kier alpha value is -2.82. The van der Waals surface area contributed by atoms with Crippen LogP contribution in [-0.2, 0) is 17.9 Å². The molecule has 0 atom stereocenters. The van der Waals surface area contributed by atoms with Crippen molar-refractivity contribution in [1.82, 2.24) is 10.2 Å². The number of benzene rings is 2. The summed E-state index contributed by atoms with van der Waals surface area (Å²) >= 11 is 0. The van der Waals surface area contributed by atoms with Gasteiger partial charge in [0.15, 0.2) is 0 Å². The highest BCUT2D eigenvalue weighted by atomic mass is 16.5. The first-order valence-electron chi connectivity index (χ1n) is 8.43. The van der Waals surface area contributed by atoms with Crippen LogP contribution in [0.2, 0.25) is 0 Å². The molecule has 2 aromatic rings. The van der Waals surface area contributed by atoms with Crippen LogP contribution < -0.4 is 10.1 Å². The lowest BCUT2D eigenvalue weighted by Crippen LogP contribution is -2.25. The molecular formula is C20H22N2O3. The Morgan fingerprint density at radius 3 is 2.64 bits per heavy atom. The maximum absolute atomic E-state index is 12.4. The van der Waals surface area contributed by atoms with Gasteiger partial charge in [0.05, 0.1) is 7.11 Å². The van der Waals surface area contributed by atoms with E-state index in [1.807, 2.05) is 47.4 Å². The summed E-state index contributed by atoms with van der Waals surface area (Å²) in [6.45, 7) is 1.82. The average molecular weight is 338 g/mol. The predicted molar refractivity (Wildman–Crippen MR) is 95.3 cm³/mol. The highest BCUT2D eigenvalue weighted by molar-refractivity contribution is 5.94. The van der Waals surface area contributed by atoms with E-state index in [1.54, 1.807) is 13.2 Å². The molecule has 0 aromatic heterocycles. The number of ether oxygens (including phenoxy) is 1. The van der Waals surface area contributed by atoms with E-state index in [1.165, 1.54) is 0 Å². The largest absolute Gasteiger partial charge is 0.497 e. The van der Waals surface area contributed by atoms with Gasteiger partial charge in [0.25, 0.3) is 5.91 Å². The number of methoxy groups -OCH3 is 1. The molecule has 5 nitrogen and oxygen atoms in total. The van der Waals surface area contributed by atoms with E-state index in [-0.39, 0.29) is 11.8 Å². The van der Waals surface area contributed by atoms with Crippen molar-refractivity contribution < 1.29 is 14.3 Å². The van der Waals surface area contributed by atoms with Crippen molar-refractivity contribution in [1.29, 1.82) is 0 Å². The third kappa shape index (κ3) is 4.38. The Morgan fingerprint density at radius 1 is 1.16 bits per heavy atom. The molecule has 1 heterocycles. The number of hydrogen-bond acceptors (Lipinski definition) is 3. The van der Waals surface area contributed by atoms with Crippen LogP contribution in [0.4, 0.5) is 0 Å². The van der Waals surface area contributed by atoms with E-state index in [0.29, 0.717) is 25.1 Å². The molecule has 1 N–H and O–H groups in total. The predicted octanol–water partition coefficient (Wildman–Crippen LogP) is 2.75. The zero-order valence-corrected chi connectivity index (χ0v) is 14.3. The maximum atomic E-state index is 12.4. The molecule has 2 amide bonds. The smallest absolute Gasteiger partial charge is 0.251 e. The number of nitrogens with zero attached hydrogens (tertiary/aromatic N) is 1. The molecule has 25 heavy (non-hydrogen) atoms. The fraction of sp³-hybridized carbons (Fsp3) is 0.300. The van der Waals surface area contributed by atoms with Crippen molar-refractivity contribution >= 4 is 11.8 Å². The van der Waals surface area contributed by atoms with Gasteiger partial charge in [-0.1, -0.05) is 24.3 Å². The van der Waals surface area contributed by atoms with Crippen LogP contribution >= 0.6 is 0 Å². The third-order valence-corrected chi connectivity index (χ3v) is 4.35. The van der Waals surface area contributed by atoms with E-state index in [0.717, 1.165) is 29.8 Å². The second-order valence-corrected chi connectivity index (χ2v) is 6.15. The fourth-order valence-electron chi connectivity index (χ4n) is 2.93. The first-order chi connectivity index (χ1) is 12.2. The molecule has 3 rings (SSSR count). The minimum Gasteiger partial charge on any atom is -0.497 e. The van der Waals surface area contributed by atoms with Crippen molar-refractivity contribution in [3.63, 3.8) is 0 Å². The normalized spacial score (nSPS) is 13.8. The Balaban J connectivity index is 1.59. The average Bonchev–Trinajstić information content (AvgIpc) is 3.05. The first kappa shape index (κ1) is 17.0. The lowest BCUT2D eigenvalue weighted by atomic mass is 10.1. The molecule has 0 unspecified atom stereocenters. The van der Waals surface area contributed by atoms with E-state index in [4.69, 9.17) is 4.74 Å². The molecule has 0 bridgehead atoms. The van der Waals surface area contributed by atoms with Gasteiger partial charge in [0.1, 0.15) is 5.75 Å². The number of amides is 2. The van der Waals surface area contributed by atoms with Gasteiger partial charge in [-0.25, -0.2) is 0 Å². The second-order valence-electron chi connectivity index (χ2n) is 6.15. The zero-order valence-electron chi connectivity index (χ0n) is 14.3. The van der Waals surface area contributed by atoms with E-state index in [2.05, 4.69) is 5.32 Å². The highest BCUT2D eigenvalue weighted by Crippen LogP contribution is 2.15. The van der Waals surface area contributed by atoms with E-state index >= 15 is 0 Å². The van der Waals surface area contributed by atoms with E-state index < -0.39 is 0 Å². The monoisotopic (exact) mass is 338 g/mol. The van der Waals surface area contributed by atoms with Crippen LogP contribution in [0.25, 0.3) is 0 Å². The standard InChI is InChI=1S/C20H22N2O3/c1-25-18-9-7-15(8-10-18)13-21-20(24)17-5-2-4-16(12-17)14-22-11-3-6-19(22)23/h2,4-5,7-10,12H,3,6,11,13-14H2,1H3,(H,21,24). The Labute approximate surface area is 147 Å². The van der Waals surface area contributed by atoms with Gasteiger partial charge in [-0.15, -0.1) is 0 Å². The summed E-state index contributed by atoms with van der Waals surface area (Å²) in [7, 11) is 1.62. The molecule has 1 aliphatic rings. The molecule has 1 saturated heterocycles. The lowest BCUT2D eigenvalue weighted by molar-refractivity contribution is -0.128. The number of hydrogen-bond donors (Lipinski definition) is 1. The van der Waals surface area contributed by atoms with Crippen LogP contribution in [0.15, 0.2) is 48.5 Å². The molecule has 0 aliphatic carbocycles. The number of rotatable bonds is 6. The Kier molecular flexibility index (Phi) is 5.33. The Morgan fingerprint density at radius 2 is 1.96 bits per heavy atom. The number of carbonyl (C=O) groups is 2. The van der Waals surface area contributed by atoms with Gasteiger partial charge < -0.3 is 15.0 Å². The second kappa shape index (κ2) is 7.83. The summed E-state index contributed by atoms with van der Waals surface area (Å²) in [5.74, 6) is 0.860. The van der Waals surface area contributed by atoms with Gasteiger partial charge >= 0.3 is 0 Å². The summed E-state index contributed by atoms with van der Waals surface area (Å²) in [5.41, 5.74) is 2.60. The van der Waals surface area contributed by atoms with Crippen molar-refractivity contribution in [2.45, 2.75) is 25.9 Å². The highest BCUT2D eigenvalue weighted by Gasteiger charge is 2.20. The SMILES string of the molecule is COc1ccc(CNC(=O)c2cccc(CN3CCCC3=O)c2)cc1. The quantitative estimate of drug-likeness (QED) is 0.881. The lowest BCUT2D eigenvalue weighted by Gasteiger charge is -2.16. The van der Waals surface area contributed by atoms with Crippen molar-refractivity contribution in [2.75, 3.05) is 13.7 Å². The van der Waals surface area contributed by atoms with Crippen molar-refractivity contribution in [3.05, 3.63) is 65.2 Å². The van der Waals surface area contributed by atoms with Crippen LogP contribution in [0, 0.1) is 0 Å². The number of carbonyl (C=O) groups excluding carboxylic acids is 2. The van der Waals surface area contributed by atoms with Crippen molar-refractivity contribution in [3.8, 4) is 5.75 Å². The molecule has 1 aliphatic heterocycles. The van der Waals surface area contributed by atoms with E-state index in [9.17, 15) is 9.59 Å². The third-order valence-electron chi connectivity index (χ3n) is 4.35. The summed E-state index contributed by atoms with van der Waals surface area (Å²) in [6.07, 6.45) is 1.54.